The molecule has 0 saturated heterocycles. The molecule has 172 valence electrons. The number of benzene rings is 1. The predicted molar refractivity (Wildman–Crippen MR) is 127 cm³/mol. The molecule has 0 saturated carbocycles. The minimum absolute atomic E-state index is 0.0400. The maximum absolute atomic E-state index is 13.1. The van der Waals surface area contributed by atoms with Crippen molar-refractivity contribution in [2.45, 2.75) is 44.1 Å². The predicted octanol–water partition coefficient (Wildman–Crippen LogP) is 4.17. The van der Waals surface area contributed by atoms with Gasteiger partial charge in [-0.25, -0.2) is 9.78 Å². The normalized spacial score (nSPS) is 17.0. The number of nitriles is 2. The Morgan fingerprint density at radius 2 is 2.09 bits per heavy atom. The van der Waals surface area contributed by atoms with Crippen LogP contribution in [0.25, 0.3) is 0 Å². The monoisotopic (exact) mass is 472 g/mol. The molecule has 8 heteroatoms. The number of nitrogens with zero attached hydrogens (tertiary/aromatic N) is 3. The molecule has 1 aliphatic carbocycles. The SMILES string of the molecule is CCOC(=O)C1=C(CSc2nc3c(cc2C#N)CCC3)OC(N)=C(C#N)[C@@H]1c1ccccc1C. The van der Waals surface area contributed by atoms with Crippen LogP contribution < -0.4 is 5.73 Å². The van der Waals surface area contributed by atoms with Gasteiger partial charge in [-0.05, 0) is 55.9 Å². The van der Waals surface area contributed by atoms with Crippen LogP contribution in [-0.2, 0) is 27.1 Å². The van der Waals surface area contributed by atoms with Gasteiger partial charge in [0.1, 0.15) is 28.5 Å². The fourth-order valence-corrected chi connectivity index (χ4v) is 5.27. The summed E-state index contributed by atoms with van der Waals surface area (Å²) >= 11 is 1.31. The van der Waals surface area contributed by atoms with Crippen LogP contribution in [0.1, 0.15) is 47.2 Å². The van der Waals surface area contributed by atoms with Crippen LogP contribution >= 0.6 is 11.8 Å². The number of nitrogens with two attached hydrogens (primary N) is 1. The van der Waals surface area contributed by atoms with E-state index < -0.39 is 11.9 Å². The number of pyridine rings is 1. The molecule has 0 fully saturated rings. The summed E-state index contributed by atoms with van der Waals surface area (Å²) in [6.45, 7) is 3.82. The van der Waals surface area contributed by atoms with E-state index in [1.54, 1.807) is 6.92 Å². The van der Waals surface area contributed by atoms with Gasteiger partial charge in [0.25, 0.3) is 0 Å². The van der Waals surface area contributed by atoms with Crippen LogP contribution in [0.4, 0.5) is 0 Å². The maximum atomic E-state index is 13.1. The van der Waals surface area contributed by atoms with Crippen molar-refractivity contribution in [1.82, 2.24) is 4.98 Å². The molecule has 34 heavy (non-hydrogen) atoms. The average molecular weight is 473 g/mol. The Bertz CT molecular complexity index is 1300. The van der Waals surface area contributed by atoms with Gasteiger partial charge in [-0.3, -0.25) is 0 Å². The Hall–Kier alpha value is -3.75. The molecule has 2 N–H and O–H groups in total. The second-order valence-corrected chi connectivity index (χ2v) is 9.00. The molecule has 4 rings (SSSR count). The topological polar surface area (TPSA) is 122 Å². The zero-order valence-corrected chi connectivity index (χ0v) is 19.9. The van der Waals surface area contributed by atoms with Crippen molar-refractivity contribution in [2.75, 3.05) is 12.4 Å². The number of thioether (sulfide) groups is 1. The summed E-state index contributed by atoms with van der Waals surface area (Å²) in [5, 5.41) is 20.1. The van der Waals surface area contributed by atoms with Crippen LogP contribution in [0.5, 0.6) is 0 Å². The Morgan fingerprint density at radius 3 is 2.79 bits per heavy atom. The summed E-state index contributed by atoms with van der Waals surface area (Å²) in [4.78, 5) is 17.9. The number of carbonyl (C=O) groups is 1. The maximum Gasteiger partial charge on any atom is 0.338 e. The highest BCUT2D eigenvalue weighted by Gasteiger charge is 2.38. The number of carbonyl (C=O) groups excluding carboxylic acids is 1. The van der Waals surface area contributed by atoms with Crippen molar-refractivity contribution in [1.29, 1.82) is 10.5 Å². The number of ether oxygens (including phenoxy) is 2. The van der Waals surface area contributed by atoms with Gasteiger partial charge in [0.2, 0.25) is 5.88 Å². The first-order valence-electron chi connectivity index (χ1n) is 11.1. The second kappa shape index (κ2) is 10.0. The lowest BCUT2D eigenvalue weighted by molar-refractivity contribution is -0.139. The first-order valence-corrected chi connectivity index (χ1v) is 12.1. The first-order chi connectivity index (χ1) is 16.5. The fourth-order valence-electron chi connectivity index (χ4n) is 4.36. The fraction of sp³-hybridized carbons (Fsp3) is 0.308. The van der Waals surface area contributed by atoms with Gasteiger partial charge in [0.15, 0.2) is 0 Å². The number of rotatable bonds is 6. The highest BCUT2D eigenvalue weighted by Crippen LogP contribution is 2.42. The Labute approximate surface area is 202 Å². The molecule has 0 amide bonds. The van der Waals surface area contributed by atoms with E-state index >= 15 is 0 Å². The molecule has 1 aromatic carbocycles. The van der Waals surface area contributed by atoms with Gasteiger partial charge < -0.3 is 15.2 Å². The van der Waals surface area contributed by atoms with Crippen LogP contribution in [0.3, 0.4) is 0 Å². The van der Waals surface area contributed by atoms with Gasteiger partial charge in [-0.1, -0.05) is 36.0 Å². The molecular formula is C26H24N4O3S. The van der Waals surface area contributed by atoms with Crippen molar-refractivity contribution in [3.63, 3.8) is 0 Å². The number of hydrogen-bond donors (Lipinski definition) is 1. The first kappa shape index (κ1) is 23.4. The lowest BCUT2D eigenvalue weighted by Crippen LogP contribution is -2.27. The van der Waals surface area contributed by atoms with E-state index in [-0.39, 0.29) is 29.4 Å². The Balaban J connectivity index is 1.78. The molecular weight excluding hydrogens is 448 g/mol. The van der Waals surface area contributed by atoms with E-state index in [0.717, 1.165) is 41.6 Å². The van der Waals surface area contributed by atoms with Crippen LogP contribution in [0.15, 0.2) is 58.1 Å². The molecule has 0 radical (unpaired) electrons. The summed E-state index contributed by atoms with van der Waals surface area (Å²) in [5.74, 6) is -0.801. The van der Waals surface area contributed by atoms with E-state index in [9.17, 15) is 15.3 Å². The summed E-state index contributed by atoms with van der Waals surface area (Å²) in [5.41, 5.74) is 10.9. The van der Waals surface area contributed by atoms with E-state index in [1.165, 1.54) is 11.8 Å². The van der Waals surface area contributed by atoms with E-state index in [2.05, 4.69) is 12.1 Å². The molecule has 1 atom stereocenters. The lowest BCUT2D eigenvalue weighted by atomic mass is 9.81. The van der Waals surface area contributed by atoms with Crippen molar-refractivity contribution >= 4 is 17.7 Å². The van der Waals surface area contributed by atoms with Gasteiger partial charge in [0.05, 0.1) is 29.4 Å². The standard InChI is InChI=1S/C26H24N4O3S/c1-3-32-26(31)23-21(14-34-25-17(12-27)11-16-8-6-10-20(16)30-25)33-24(29)19(13-28)22(23)18-9-5-4-7-15(18)2/h4-5,7,9,11,22H,3,6,8,10,14,29H2,1-2H3/t22-/m0/s1. The third-order valence-electron chi connectivity index (χ3n) is 5.97. The molecule has 1 aromatic heterocycles. The number of aromatic nitrogens is 1. The summed E-state index contributed by atoms with van der Waals surface area (Å²) in [6.07, 6.45) is 2.84. The smallest absolute Gasteiger partial charge is 0.338 e. The van der Waals surface area contributed by atoms with E-state index in [0.29, 0.717) is 16.3 Å². The third-order valence-corrected chi connectivity index (χ3v) is 6.96. The van der Waals surface area contributed by atoms with Gasteiger partial charge in [0, 0.05) is 5.69 Å². The molecule has 2 heterocycles. The molecule has 1 aliphatic heterocycles. The third kappa shape index (κ3) is 4.37. The van der Waals surface area contributed by atoms with Crippen LogP contribution in [-0.4, -0.2) is 23.3 Å². The van der Waals surface area contributed by atoms with Crippen molar-refractivity contribution < 1.29 is 14.3 Å². The molecule has 0 bridgehead atoms. The zero-order valence-electron chi connectivity index (χ0n) is 19.1. The zero-order chi connectivity index (χ0) is 24.2. The van der Waals surface area contributed by atoms with E-state index in [1.807, 2.05) is 37.3 Å². The lowest BCUT2D eigenvalue weighted by Gasteiger charge is -2.29. The Morgan fingerprint density at radius 1 is 1.29 bits per heavy atom. The number of aryl methyl sites for hydroxylation is 3. The summed E-state index contributed by atoms with van der Waals surface area (Å²) in [6, 6.07) is 13.8. The number of hydrogen-bond acceptors (Lipinski definition) is 8. The summed E-state index contributed by atoms with van der Waals surface area (Å²) < 4.78 is 11.2. The van der Waals surface area contributed by atoms with Crippen molar-refractivity contribution in [3.8, 4) is 12.1 Å². The second-order valence-electron chi connectivity index (χ2n) is 8.04. The van der Waals surface area contributed by atoms with Gasteiger partial charge >= 0.3 is 5.97 Å². The quantitative estimate of drug-likeness (QED) is 0.491. The molecule has 7 nitrogen and oxygen atoms in total. The minimum Gasteiger partial charge on any atom is -0.463 e. The van der Waals surface area contributed by atoms with Gasteiger partial charge in [-0.2, -0.15) is 10.5 Å². The van der Waals surface area contributed by atoms with Gasteiger partial charge in [-0.15, -0.1) is 0 Å². The Kier molecular flexibility index (Phi) is 6.90. The van der Waals surface area contributed by atoms with Crippen LogP contribution in [0.2, 0.25) is 0 Å². The van der Waals surface area contributed by atoms with Crippen LogP contribution in [0, 0.1) is 29.6 Å². The molecule has 2 aromatic rings. The molecule has 0 spiro atoms. The summed E-state index contributed by atoms with van der Waals surface area (Å²) in [7, 11) is 0. The molecule has 2 aliphatic rings. The average Bonchev–Trinajstić information content (AvgIpc) is 3.29. The minimum atomic E-state index is -0.710. The largest absolute Gasteiger partial charge is 0.463 e. The number of esters is 1. The van der Waals surface area contributed by atoms with Crippen molar-refractivity contribution in [3.05, 3.63) is 81.1 Å². The highest BCUT2D eigenvalue weighted by atomic mass is 32.2. The number of fused-ring (bicyclic) bond motifs is 1. The highest BCUT2D eigenvalue weighted by molar-refractivity contribution is 7.99. The number of allylic oxidation sites excluding steroid dienone is 1. The molecule has 0 unspecified atom stereocenters. The van der Waals surface area contributed by atoms with Crippen molar-refractivity contribution in [2.24, 2.45) is 5.73 Å². The van der Waals surface area contributed by atoms with E-state index in [4.69, 9.17) is 20.2 Å².